The van der Waals surface area contributed by atoms with Crippen LogP contribution in [0.25, 0.3) is 5.65 Å². The summed E-state index contributed by atoms with van der Waals surface area (Å²) in [5.74, 6) is 0.801. The minimum absolute atomic E-state index is 0.0174. The topological polar surface area (TPSA) is 134 Å². The number of aliphatic hydroxyl groups excluding tert-OH is 1. The molecule has 1 unspecified atom stereocenters. The molecular formula is C31H35FN8O3. The summed E-state index contributed by atoms with van der Waals surface area (Å²) in [4.78, 5) is 25.1. The number of hydrogen-bond acceptors (Lipinski definition) is 8. The number of rotatable bonds is 8. The third-order valence-corrected chi connectivity index (χ3v) is 9.12. The maximum Gasteiger partial charge on any atom is 0.318 e. The van der Waals surface area contributed by atoms with E-state index in [0.717, 1.165) is 18.4 Å². The first-order chi connectivity index (χ1) is 20.7. The number of ether oxygens (including phenoxy) is 1. The maximum absolute atomic E-state index is 13.9. The quantitative estimate of drug-likeness (QED) is 0.268. The van der Waals surface area contributed by atoms with E-state index in [-0.39, 0.29) is 29.5 Å². The van der Waals surface area contributed by atoms with E-state index in [1.807, 2.05) is 24.0 Å². The fourth-order valence-corrected chi connectivity index (χ4v) is 6.31. The van der Waals surface area contributed by atoms with E-state index in [9.17, 15) is 14.3 Å². The van der Waals surface area contributed by atoms with Crippen molar-refractivity contribution >= 4 is 23.2 Å². The van der Waals surface area contributed by atoms with Crippen LogP contribution < -0.4 is 20.7 Å². The molecule has 0 bridgehead atoms. The molecule has 5 heterocycles. The van der Waals surface area contributed by atoms with Crippen molar-refractivity contribution in [2.45, 2.75) is 49.7 Å². The molecule has 4 N–H and O–H groups in total. The highest BCUT2D eigenvalue weighted by molar-refractivity contribution is 5.78. The van der Waals surface area contributed by atoms with Gasteiger partial charge in [-0.05, 0) is 61.9 Å². The number of fused-ring (bicyclic) bond motifs is 1. The lowest BCUT2D eigenvalue weighted by Crippen LogP contribution is -2.52. The lowest BCUT2D eigenvalue weighted by molar-refractivity contribution is 0.121. The monoisotopic (exact) mass is 586 g/mol. The number of nitrogen functional groups attached to an aromatic ring is 1. The van der Waals surface area contributed by atoms with E-state index in [1.165, 1.54) is 11.6 Å². The summed E-state index contributed by atoms with van der Waals surface area (Å²) in [5.41, 5.74) is 8.03. The summed E-state index contributed by atoms with van der Waals surface area (Å²) in [6, 6.07) is 15.4. The van der Waals surface area contributed by atoms with Gasteiger partial charge in [0.15, 0.2) is 11.5 Å². The standard InChI is InChI=1S/C31H35FN8O3/c1-20-15-22(43-19-30(9-10-30)21-5-3-2-4-6-21)16-40-28(20)35-27(37-40)24(41)17-39-18-31(36-29(39)42)11-13-38(14-12-31)25-8-7-23(33)26(32)34-25/h2-8,15-16,24,41H,9-14,17-19,33H2,1H3,(H,36,42). The number of aromatic nitrogens is 4. The number of β-amino-alcohol motifs (C(OH)–C–C–N with tert-alkyl or cyclic N) is 1. The van der Waals surface area contributed by atoms with Crippen molar-refractivity contribution in [2.75, 3.05) is 43.4 Å². The molecule has 1 spiro atoms. The first kappa shape index (κ1) is 27.4. The number of carbonyl (C=O) groups is 1. The van der Waals surface area contributed by atoms with Gasteiger partial charge in [-0.1, -0.05) is 30.3 Å². The molecule has 4 aromatic rings. The maximum atomic E-state index is 13.9. The number of pyridine rings is 2. The molecule has 2 saturated heterocycles. The van der Waals surface area contributed by atoms with Crippen molar-refractivity contribution in [3.05, 3.63) is 77.6 Å². The van der Waals surface area contributed by atoms with Gasteiger partial charge in [-0.15, -0.1) is 5.10 Å². The number of carbonyl (C=O) groups excluding carboxylic acids is 1. The summed E-state index contributed by atoms with van der Waals surface area (Å²) in [6.07, 6.45) is 4.26. The van der Waals surface area contributed by atoms with E-state index >= 15 is 0 Å². The van der Waals surface area contributed by atoms with E-state index in [4.69, 9.17) is 10.5 Å². The number of aliphatic hydroxyl groups is 1. The van der Waals surface area contributed by atoms with Gasteiger partial charge in [0.05, 0.1) is 30.6 Å². The molecular weight excluding hydrogens is 551 g/mol. The third-order valence-electron chi connectivity index (χ3n) is 9.12. The van der Waals surface area contributed by atoms with Crippen LogP contribution in [0.3, 0.4) is 0 Å². The molecule has 2 aliphatic heterocycles. The Morgan fingerprint density at radius 3 is 2.60 bits per heavy atom. The van der Waals surface area contributed by atoms with Crippen LogP contribution in [0.4, 0.5) is 20.7 Å². The fourth-order valence-electron chi connectivity index (χ4n) is 6.31. The third kappa shape index (κ3) is 5.20. The number of halogens is 1. The number of amides is 2. The zero-order chi connectivity index (χ0) is 29.8. The van der Waals surface area contributed by atoms with Gasteiger partial charge < -0.3 is 30.7 Å². The first-order valence-electron chi connectivity index (χ1n) is 14.7. The molecule has 2 amide bonds. The van der Waals surface area contributed by atoms with Crippen LogP contribution in [-0.2, 0) is 5.41 Å². The Kier molecular flexibility index (Phi) is 6.60. The SMILES string of the molecule is Cc1cc(OCC2(c3ccccc3)CC2)cn2nc(C(O)CN3CC4(CCN(c5ccc(N)c(F)n5)CC4)NC3=O)nc12. The Balaban J connectivity index is 0.988. The molecule has 12 heteroatoms. The van der Waals surface area contributed by atoms with Crippen LogP contribution in [-0.4, -0.2) is 73.9 Å². The lowest BCUT2D eigenvalue weighted by Gasteiger charge is -2.39. The summed E-state index contributed by atoms with van der Waals surface area (Å²) in [7, 11) is 0. The highest BCUT2D eigenvalue weighted by Gasteiger charge is 2.46. The second kappa shape index (κ2) is 10.4. The first-order valence-corrected chi connectivity index (χ1v) is 14.7. The number of nitrogens with zero attached hydrogens (tertiary/aromatic N) is 6. The van der Waals surface area contributed by atoms with Crippen LogP contribution in [0.1, 0.15) is 48.7 Å². The van der Waals surface area contributed by atoms with Gasteiger partial charge in [0.1, 0.15) is 17.7 Å². The second-order valence-corrected chi connectivity index (χ2v) is 12.2. The molecule has 1 atom stereocenters. The van der Waals surface area contributed by atoms with Crippen LogP contribution in [0.15, 0.2) is 54.7 Å². The van der Waals surface area contributed by atoms with Gasteiger partial charge in [0.2, 0.25) is 5.95 Å². The van der Waals surface area contributed by atoms with Crippen LogP contribution in [0.5, 0.6) is 5.75 Å². The van der Waals surface area contributed by atoms with E-state index in [0.29, 0.717) is 56.3 Å². The Labute approximate surface area is 248 Å². The average molecular weight is 587 g/mol. The molecule has 0 radical (unpaired) electrons. The van der Waals surface area contributed by atoms with Crippen LogP contribution >= 0.6 is 0 Å². The summed E-state index contributed by atoms with van der Waals surface area (Å²) in [6.45, 7) is 4.27. The van der Waals surface area contributed by atoms with Crippen LogP contribution in [0.2, 0.25) is 0 Å². The van der Waals surface area contributed by atoms with Crippen molar-refractivity contribution in [2.24, 2.45) is 0 Å². The molecule has 1 aromatic carbocycles. The Bertz CT molecular complexity index is 1670. The zero-order valence-corrected chi connectivity index (χ0v) is 24.0. The molecule has 224 valence electrons. The number of urea groups is 1. The predicted octanol–water partition coefficient (Wildman–Crippen LogP) is 3.36. The van der Waals surface area contributed by atoms with E-state index in [1.54, 1.807) is 21.7 Å². The minimum Gasteiger partial charge on any atom is -0.491 e. The predicted molar refractivity (Wildman–Crippen MR) is 158 cm³/mol. The number of aryl methyl sites for hydroxylation is 1. The molecule has 1 saturated carbocycles. The number of benzene rings is 1. The van der Waals surface area contributed by atoms with Crippen molar-refractivity contribution in [1.29, 1.82) is 0 Å². The summed E-state index contributed by atoms with van der Waals surface area (Å²) < 4.78 is 21.7. The van der Waals surface area contributed by atoms with E-state index in [2.05, 4.69) is 44.6 Å². The minimum atomic E-state index is -1.06. The summed E-state index contributed by atoms with van der Waals surface area (Å²) >= 11 is 0. The summed E-state index contributed by atoms with van der Waals surface area (Å²) in [5, 5.41) is 18.7. The van der Waals surface area contributed by atoms with E-state index < -0.39 is 17.6 Å². The molecule has 43 heavy (non-hydrogen) atoms. The average Bonchev–Trinajstić information content (AvgIpc) is 3.58. The smallest absolute Gasteiger partial charge is 0.318 e. The normalized spacial score (nSPS) is 19.6. The number of nitrogens with two attached hydrogens (primary N) is 1. The zero-order valence-electron chi connectivity index (χ0n) is 24.0. The number of hydrogen-bond donors (Lipinski definition) is 3. The van der Waals surface area contributed by atoms with Gasteiger partial charge in [0.25, 0.3) is 0 Å². The van der Waals surface area contributed by atoms with Gasteiger partial charge in [-0.2, -0.15) is 4.39 Å². The highest BCUT2D eigenvalue weighted by atomic mass is 19.1. The Morgan fingerprint density at radius 2 is 1.88 bits per heavy atom. The molecule has 3 aromatic heterocycles. The molecule has 3 aliphatic rings. The lowest BCUT2D eigenvalue weighted by atomic mass is 9.88. The van der Waals surface area contributed by atoms with Gasteiger partial charge >= 0.3 is 6.03 Å². The van der Waals surface area contributed by atoms with Gasteiger partial charge in [0, 0.05) is 25.0 Å². The second-order valence-electron chi connectivity index (χ2n) is 12.2. The Hall–Kier alpha value is -4.45. The van der Waals surface area contributed by atoms with Crippen molar-refractivity contribution in [1.82, 2.24) is 29.8 Å². The van der Waals surface area contributed by atoms with Gasteiger partial charge in [-0.25, -0.2) is 19.3 Å². The fraction of sp³-hybridized carbons (Fsp3) is 0.419. The van der Waals surface area contributed by atoms with Crippen molar-refractivity contribution in [3.8, 4) is 5.75 Å². The molecule has 7 rings (SSSR count). The number of piperidine rings is 1. The highest BCUT2D eigenvalue weighted by Crippen LogP contribution is 2.48. The number of anilines is 2. The molecule has 3 fully saturated rings. The largest absolute Gasteiger partial charge is 0.491 e. The molecule has 11 nitrogen and oxygen atoms in total. The molecule has 1 aliphatic carbocycles. The van der Waals surface area contributed by atoms with Crippen molar-refractivity contribution in [3.63, 3.8) is 0 Å². The van der Waals surface area contributed by atoms with Crippen molar-refractivity contribution < 1.29 is 19.0 Å². The van der Waals surface area contributed by atoms with Crippen LogP contribution in [0, 0.1) is 12.9 Å². The number of nitrogens with one attached hydrogen (secondary N) is 1. The van der Waals surface area contributed by atoms with Gasteiger partial charge in [-0.3, -0.25) is 0 Å². The Morgan fingerprint density at radius 1 is 1.12 bits per heavy atom.